The van der Waals surface area contributed by atoms with Crippen LogP contribution in [-0.4, -0.2) is 68.1 Å². The lowest BCUT2D eigenvalue weighted by atomic mass is 9.90. The molecule has 0 amide bonds. The number of benzene rings is 1. The highest BCUT2D eigenvalue weighted by Crippen LogP contribution is 2.41. The van der Waals surface area contributed by atoms with Crippen LogP contribution in [0.3, 0.4) is 0 Å². The first kappa shape index (κ1) is 20.6. The molecule has 1 fully saturated rings. The van der Waals surface area contributed by atoms with E-state index in [0.29, 0.717) is 5.56 Å². The Morgan fingerprint density at radius 1 is 1.17 bits per heavy atom. The van der Waals surface area contributed by atoms with Gasteiger partial charge in [-0.15, -0.1) is 0 Å². The summed E-state index contributed by atoms with van der Waals surface area (Å²) in [6, 6.07) is 7.67. The molecule has 1 aromatic carbocycles. The molecule has 2 heterocycles. The Bertz CT molecular complexity index is 867. The maximum atomic E-state index is 13.4. The van der Waals surface area contributed by atoms with Gasteiger partial charge in [-0.05, 0) is 62.9 Å². The van der Waals surface area contributed by atoms with Crippen molar-refractivity contribution < 1.29 is 14.3 Å². The Morgan fingerprint density at radius 3 is 2.59 bits per heavy atom. The molecule has 29 heavy (non-hydrogen) atoms. The van der Waals surface area contributed by atoms with Crippen LogP contribution in [0.4, 0.5) is 0 Å². The van der Waals surface area contributed by atoms with Crippen molar-refractivity contribution in [3.8, 4) is 5.75 Å². The summed E-state index contributed by atoms with van der Waals surface area (Å²) in [5, 5.41) is 0. The number of ketones is 1. The quantitative estimate of drug-likeness (QED) is 0.434. The molecule has 5 nitrogen and oxygen atoms in total. The van der Waals surface area contributed by atoms with E-state index in [4.69, 9.17) is 9.47 Å². The number of hydrogen-bond donors (Lipinski definition) is 0. The number of morpholine rings is 1. The third-order valence-electron chi connectivity index (χ3n) is 5.99. The molecule has 1 aromatic rings. The Kier molecular flexibility index (Phi) is 6.41. The van der Waals surface area contributed by atoms with Gasteiger partial charge in [-0.2, -0.15) is 0 Å². The Morgan fingerprint density at radius 2 is 1.90 bits per heavy atom. The summed E-state index contributed by atoms with van der Waals surface area (Å²) < 4.78 is 12.0. The highest BCUT2D eigenvalue weighted by molar-refractivity contribution is 14.1. The number of methoxy groups -OCH3 is 1. The standard InChI is InChI=1S/C23H27IN2O3/c1-16-22(23(27)17-3-6-19(28-2)7-4-17)20-8-5-18(24)15-21(20)26(16)10-9-25-11-13-29-14-12-25/h3-8,21H,9-15H2,1-2H3. The summed E-state index contributed by atoms with van der Waals surface area (Å²) in [7, 11) is 1.64. The second-order valence-corrected chi connectivity index (χ2v) is 9.01. The molecular weight excluding hydrogens is 479 g/mol. The first-order chi connectivity index (χ1) is 14.1. The molecule has 1 saturated heterocycles. The molecule has 0 saturated carbocycles. The predicted octanol–water partition coefficient (Wildman–Crippen LogP) is 3.82. The van der Waals surface area contributed by atoms with E-state index < -0.39 is 0 Å². The highest BCUT2D eigenvalue weighted by atomic mass is 127. The number of hydrogen-bond acceptors (Lipinski definition) is 5. The maximum Gasteiger partial charge on any atom is 0.195 e. The normalized spacial score (nSPS) is 22.3. The summed E-state index contributed by atoms with van der Waals surface area (Å²) in [6.07, 6.45) is 5.25. The highest BCUT2D eigenvalue weighted by Gasteiger charge is 2.38. The molecule has 0 radical (unpaired) electrons. The third-order valence-corrected chi connectivity index (χ3v) is 6.79. The lowest BCUT2D eigenvalue weighted by Crippen LogP contribution is -2.42. The molecule has 0 aromatic heterocycles. The number of fused-ring (bicyclic) bond motifs is 1. The van der Waals surface area contributed by atoms with Crippen molar-refractivity contribution in [3.63, 3.8) is 0 Å². The van der Waals surface area contributed by atoms with Crippen molar-refractivity contribution in [1.82, 2.24) is 9.80 Å². The summed E-state index contributed by atoms with van der Waals surface area (Å²) in [5.74, 6) is 0.860. The molecule has 1 aliphatic carbocycles. The molecule has 0 N–H and O–H groups in total. The number of Topliss-reactive ketones (excluding diaryl/α,β-unsaturated/α-hetero) is 1. The van der Waals surface area contributed by atoms with Gasteiger partial charge in [-0.3, -0.25) is 9.69 Å². The Balaban J connectivity index is 1.60. The van der Waals surface area contributed by atoms with E-state index in [1.807, 2.05) is 24.3 Å². The first-order valence-corrected chi connectivity index (χ1v) is 11.2. The number of carbonyl (C=O) groups excluding carboxylic acids is 1. The zero-order valence-corrected chi connectivity index (χ0v) is 19.1. The largest absolute Gasteiger partial charge is 0.497 e. The van der Waals surface area contributed by atoms with Crippen LogP contribution in [0, 0.1) is 0 Å². The molecule has 4 rings (SSSR count). The van der Waals surface area contributed by atoms with E-state index >= 15 is 0 Å². The molecule has 0 bridgehead atoms. The van der Waals surface area contributed by atoms with Crippen LogP contribution >= 0.6 is 22.6 Å². The summed E-state index contributed by atoms with van der Waals surface area (Å²) in [4.78, 5) is 18.3. The van der Waals surface area contributed by atoms with Gasteiger partial charge < -0.3 is 14.4 Å². The van der Waals surface area contributed by atoms with Crippen LogP contribution in [0.25, 0.3) is 0 Å². The summed E-state index contributed by atoms with van der Waals surface area (Å²) in [5.41, 5.74) is 3.82. The van der Waals surface area contributed by atoms with Crippen molar-refractivity contribution >= 4 is 28.4 Å². The molecule has 154 valence electrons. The number of halogens is 1. The molecule has 0 spiro atoms. The second-order valence-electron chi connectivity index (χ2n) is 7.62. The van der Waals surface area contributed by atoms with Crippen LogP contribution in [0.1, 0.15) is 23.7 Å². The SMILES string of the molecule is COc1ccc(C(=O)C2=C(C)N(CCN3CCOCC3)C3CC(I)=CC=C23)cc1. The predicted molar refractivity (Wildman–Crippen MR) is 123 cm³/mol. The van der Waals surface area contributed by atoms with E-state index in [1.165, 1.54) is 3.58 Å². The minimum Gasteiger partial charge on any atom is -0.497 e. The minimum absolute atomic E-state index is 0.0978. The van der Waals surface area contributed by atoms with Gasteiger partial charge in [-0.25, -0.2) is 0 Å². The van der Waals surface area contributed by atoms with Gasteiger partial charge in [-0.1, -0.05) is 12.2 Å². The van der Waals surface area contributed by atoms with Crippen molar-refractivity contribution in [1.29, 1.82) is 0 Å². The number of nitrogens with zero attached hydrogens (tertiary/aromatic N) is 2. The maximum absolute atomic E-state index is 13.4. The van der Waals surface area contributed by atoms with Crippen LogP contribution in [0.5, 0.6) is 5.75 Å². The number of rotatable bonds is 6. The Hall–Kier alpha value is -1.64. The fourth-order valence-electron chi connectivity index (χ4n) is 4.35. The number of ether oxygens (including phenoxy) is 2. The average molecular weight is 506 g/mol. The van der Waals surface area contributed by atoms with Gasteiger partial charge in [0.05, 0.1) is 26.4 Å². The van der Waals surface area contributed by atoms with Crippen LogP contribution in [-0.2, 0) is 4.74 Å². The van der Waals surface area contributed by atoms with Crippen molar-refractivity contribution in [2.24, 2.45) is 0 Å². The van der Waals surface area contributed by atoms with Crippen molar-refractivity contribution in [2.45, 2.75) is 19.4 Å². The number of carbonyl (C=O) groups is 1. The van der Waals surface area contributed by atoms with Gasteiger partial charge in [0.1, 0.15) is 5.75 Å². The van der Waals surface area contributed by atoms with Gasteiger partial charge in [0, 0.05) is 49.4 Å². The summed E-state index contributed by atoms with van der Waals surface area (Å²) >= 11 is 2.41. The fraction of sp³-hybridized carbons (Fsp3) is 0.435. The summed E-state index contributed by atoms with van der Waals surface area (Å²) in [6.45, 7) is 7.61. The van der Waals surface area contributed by atoms with Gasteiger partial charge >= 0.3 is 0 Å². The molecular formula is C23H27IN2O3. The molecule has 2 aliphatic heterocycles. The zero-order valence-electron chi connectivity index (χ0n) is 17.0. The van der Waals surface area contributed by atoms with E-state index in [1.54, 1.807) is 7.11 Å². The third kappa shape index (κ3) is 4.29. The molecule has 3 aliphatic rings. The van der Waals surface area contributed by atoms with E-state index in [-0.39, 0.29) is 11.8 Å². The monoisotopic (exact) mass is 506 g/mol. The fourth-order valence-corrected chi connectivity index (χ4v) is 4.94. The van der Waals surface area contributed by atoms with E-state index in [2.05, 4.69) is 51.5 Å². The average Bonchev–Trinajstić information content (AvgIpc) is 3.03. The topological polar surface area (TPSA) is 42.0 Å². The van der Waals surface area contributed by atoms with E-state index in [0.717, 1.165) is 68.4 Å². The van der Waals surface area contributed by atoms with Crippen LogP contribution in [0.2, 0.25) is 0 Å². The van der Waals surface area contributed by atoms with Gasteiger partial charge in [0.25, 0.3) is 0 Å². The molecule has 1 atom stereocenters. The zero-order chi connectivity index (χ0) is 20.4. The van der Waals surface area contributed by atoms with Crippen LogP contribution < -0.4 is 4.74 Å². The lowest BCUT2D eigenvalue weighted by molar-refractivity contribution is 0.0341. The lowest BCUT2D eigenvalue weighted by Gasteiger charge is -2.34. The smallest absolute Gasteiger partial charge is 0.195 e. The van der Waals surface area contributed by atoms with Crippen molar-refractivity contribution in [3.05, 3.63) is 62.4 Å². The number of allylic oxidation sites excluding steroid dienone is 3. The van der Waals surface area contributed by atoms with Gasteiger partial charge in [0.2, 0.25) is 0 Å². The van der Waals surface area contributed by atoms with Crippen molar-refractivity contribution in [2.75, 3.05) is 46.5 Å². The molecule has 6 heteroatoms. The van der Waals surface area contributed by atoms with Gasteiger partial charge in [0.15, 0.2) is 5.78 Å². The second kappa shape index (κ2) is 9.02. The molecule has 1 unspecified atom stereocenters. The first-order valence-electron chi connectivity index (χ1n) is 10.1. The van der Waals surface area contributed by atoms with E-state index in [9.17, 15) is 4.79 Å². The minimum atomic E-state index is 0.0978. The Labute approximate surface area is 186 Å². The van der Waals surface area contributed by atoms with Crippen LogP contribution in [0.15, 0.2) is 56.8 Å².